The van der Waals surface area contributed by atoms with Gasteiger partial charge in [-0.15, -0.1) is 17.5 Å². The Hall–Kier alpha value is -0.940. The highest BCUT2D eigenvalue weighted by molar-refractivity contribution is 6.19. The number of aryl methyl sites for hydroxylation is 2. The molecule has 0 aliphatic heterocycles. The van der Waals surface area contributed by atoms with Gasteiger partial charge in [-0.05, 0) is 6.92 Å². The fourth-order valence-corrected chi connectivity index (χ4v) is 0.950. The highest BCUT2D eigenvalue weighted by Crippen LogP contribution is 2.04. The largest absolute Gasteiger partial charge is 0.361 e. The molecule has 0 radical (unpaired) electrons. The quantitative estimate of drug-likeness (QED) is 0.519. The van der Waals surface area contributed by atoms with Crippen LogP contribution < -0.4 is 0 Å². The molecule has 1 aromatic heterocycles. The summed E-state index contributed by atoms with van der Waals surface area (Å²) in [7, 11) is 0. The zero-order chi connectivity index (χ0) is 8.81. The maximum atomic E-state index is 5.38. The molecule has 0 aromatic carbocycles. The van der Waals surface area contributed by atoms with Gasteiger partial charge >= 0.3 is 0 Å². The molecule has 0 saturated carbocycles. The van der Waals surface area contributed by atoms with Crippen LogP contribution in [0.1, 0.15) is 17.9 Å². The Morgan fingerprint density at radius 3 is 3.00 bits per heavy atom. The van der Waals surface area contributed by atoms with E-state index in [1.807, 2.05) is 13.0 Å². The molecule has 0 spiro atoms. The lowest BCUT2D eigenvalue weighted by molar-refractivity contribution is 0.380. The van der Waals surface area contributed by atoms with Crippen LogP contribution in [-0.2, 0) is 6.42 Å². The van der Waals surface area contributed by atoms with Crippen molar-refractivity contribution in [2.45, 2.75) is 19.8 Å². The van der Waals surface area contributed by atoms with E-state index in [1.165, 1.54) is 0 Å². The third kappa shape index (κ3) is 2.98. The van der Waals surface area contributed by atoms with Crippen LogP contribution in [0, 0.1) is 18.8 Å². The molecule has 0 bridgehead atoms. The van der Waals surface area contributed by atoms with Crippen LogP contribution in [0.5, 0.6) is 0 Å². The SMILES string of the molecule is Cc1cc(CCC#CCCl)on1. The van der Waals surface area contributed by atoms with Gasteiger partial charge < -0.3 is 4.52 Å². The van der Waals surface area contributed by atoms with E-state index in [9.17, 15) is 0 Å². The van der Waals surface area contributed by atoms with E-state index in [0.29, 0.717) is 5.88 Å². The molecule has 2 nitrogen and oxygen atoms in total. The summed E-state index contributed by atoms with van der Waals surface area (Å²) in [6.45, 7) is 1.90. The van der Waals surface area contributed by atoms with Crippen molar-refractivity contribution in [2.24, 2.45) is 0 Å². The molecular formula is C9H10ClNO. The van der Waals surface area contributed by atoms with E-state index in [0.717, 1.165) is 24.3 Å². The summed E-state index contributed by atoms with van der Waals surface area (Å²) in [4.78, 5) is 0. The number of hydrogen-bond donors (Lipinski definition) is 0. The molecule has 12 heavy (non-hydrogen) atoms. The topological polar surface area (TPSA) is 26.0 Å². The average molecular weight is 184 g/mol. The van der Waals surface area contributed by atoms with Crippen molar-refractivity contribution in [3.05, 3.63) is 17.5 Å². The molecule has 0 fully saturated rings. The molecule has 3 heteroatoms. The third-order valence-electron chi connectivity index (χ3n) is 1.36. The number of nitrogens with zero attached hydrogens (tertiary/aromatic N) is 1. The fourth-order valence-electron chi connectivity index (χ4n) is 0.855. The Bertz CT molecular complexity index is 295. The molecular weight excluding hydrogens is 174 g/mol. The van der Waals surface area contributed by atoms with Gasteiger partial charge in [0.2, 0.25) is 0 Å². The van der Waals surface area contributed by atoms with E-state index in [-0.39, 0.29) is 0 Å². The van der Waals surface area contributed by atoms with Crippen molar-refractivity contribution in [3.63, 3.8) is 0 Å². The van der Waals surface area contributed by atoms with Crippen LogP contribution in [0.2, 0.25) is 0 Å². The minimum absolute atomic E-state index is 0.398. The second-order valence-electron chi connectivity index (χ2n) is 2.42. The van der Waals surface area contributed by atoms with Gasteiger partial charge in [0, 0.05) is 18.9 Å². The summed E-state index contributed by atoms with van der Waals surface area (Å²) < 4.78 is 4.99. The Balaban J connectivity index is 2.33. The second kappa shape index (κ2) is 4.84. The minimum atomic E-state index is 0.398. The van der Waals surface area contributed by atoms with E-state index in [2.05, 4.69) is 17.0 Å². The Kier molecular flexibility index (Phi) is 3.69. The highest BCUT2D eigenvalue weighted by Gasteiger charge is 1.97. The van der Waals surface area contributed by atoms with E-state index in [4.69, 9.17) is 16.1 Å². The van der Waals surface area contributed by atoms with Gasteiger partial charge in [0.05, 0.1) is 11.6 Å². The zero-order valence-electron chi connectivity index (χ0n) is 6.93. The van der Waals surface area contributed by atoms with Crippen molar-refractivity contribution < 1.29 is 4.52 Å². The highest BCUT2D eigenvalue weighted by atomic mass is 35.5. The van der Waals surface area contributed by atoms with E-state index in [1.54, 1.807) is 0 Å². The second-order valence-corrected chi connectivity index (χ2v) is 2.69. The summed E-state index contributed by atoms with van der Waals surface area (Å²) in [5, 5.41) is 3.77. The van der Waals surface area contributed by atoms with Crippen molar-refractivity contribution in [1.29, 1.82) is 0 Å². The number of rotatable bonds is 2. The van der Waals surface area contributed by atoms with Gasteiger partial charge in [-0.25, -0.2) is 0 Å². The fraction of sp³-hybridized carbons (Fsp3) is 0.444. The Morgan fingerprint density at radius 2 is 2.42 bits per heavy atom. The number of alkyl halides is 1. The monoisotopic (exact) mass is 183 g/mol. The molecule has 1 heterocycles. The summed E-state index contributed by atoms with van der Waals surface area (Å²) in [6, 6.07) is 1.92. The normalized spacial score (nSPS) is 9.17. The molecule has 0 aliphatic carbocycles. The lowest BCUT2D eigenvalue weighted by Gasteiger charge is -1.84. The molecule has 1 aromatic rings. The predicted molar refractivity (Wildman–Crippen MR) is 48.1 cm³/mol. The average Bonchev–Trinajstić information content (AvgIpc) is 2.45. The lowest BCUT2D eigenvalue weighted by Crippen LogP contribution is -1.78. The molecule has 0 unspecified atom stereocenters. The van der Waals surface area contributed by atoms with Crippen molar-refractivity contribution >= 4 is 11.6 Å². The van der Waals surface area contributed by atoms with Gasteiger partial charge in [0.25, 0.3) is 0 Å². The van der Waals surface area contributed by atoms with Gasteiger partial charge in [-0.3, -0.25) is 0 Å². The van der Waals surface area contributed by atoms with Crippen molar-refractivity contribution in [2.75, 3.05) is 5.88 Å². The summed E-state index contributed by atoms with van der Waals surface area (Å²) in [6.07, 6.45) is 1.59. The van der Waals surface area contributed by atoms with Crippen molar-refractivity contribution in [3.8, 4) is 11.8 Å². The maximum absolute atomic E-state index is 5.38. The number of aromatic nitrogens is 1. The van der Waals surface area contributed by atoms with Crippen LogP contribution in [0.3, 0.4) is 0 Å². The first kappa shape index (κ1) is 9.15. The molecule has 0 N–H and O–H groups in total. The van der Waals surface area contributed by atoms with Gasteiger partial charge in [-0.1, -0.05) is 11.1 Å². The van der Waals surface area contributed by atoms with Crippen LogP contribution in [-0.4, -0.2) is 11.0 Å². The predicted octanol–water partition coefficient (Wildman–Crippen LogP) is 2.16. The van der Waals surface area contributed by atoms with Crippen LogP contribution >= 0.6 is 11.6 Å². The summed E-state index contributed by atoms with van der Waals surface area (Å²) in [5.74, 6) is 6.99. The molecule has 0 saturated heterocycles. The molecule has 0 aliphatic rings. The number of hydrogen-bond acceptors (Lipinski definition) is 2. The standard InChI is InChI=1S/C9H10ClNO/c1-8-7-9(12-11-8)5-3-2-4-6-10/h7H,3,5-6H2,1H3. The summed E-state index contributed by atoms with van der Waals surface area (Å²) in [5.41, 5.74) is 0.912. The minimum Gasteiger partial charge on any atom is -0.361 e. The first-order valence-corrected chi connectivity index (χ1v) is 4.30. The molecule has 1 rings (SSSR count). The third-order valence-corrected chi connectivity index (χ3v) is 1.50. The summed E-state index contributed by atoms with van der Waals surface area (Å²) >= 11 is 5.38. The van der Waals surface area contributed by atoms with E-state index >= 15 is 0 Å². The van der Waals surface area contributed by atoms with Crippen LogP contribution in [0.4, 0.5) is 0 Å². The van der Waals surface area contributed by atoms with Gasteiger partial charge in [-0.2, -0.15) is 0 Å². The molecule has 0 atom stereocenters. The first-order chi connectivity index (χ1) is 5.83. The Labute approximate surface area is 76.9 Å². The first-order valence-electron chi connectivity index (χ1n) is 3.77. The molecule has 64 valence electrons. The van der Waals surface area contributed by atoms with E-state index < -0.39 is 0 Å². The lowest BCUT2D eigenvalue weighted by atomic mass is 10.2. The maximum Gasteiger partial charge on any atom is 0.137 e. The van der Waals surface area contributed by atoms with Gasteiger partial charge in [0.1, 0.15) is 5.76 Å². The number of halogens is 1. The molecule has 0 amide bonds. The smallest absolute Gasteiger partial charge is 0.137 e. The zero-order valence-corrected chi connectivity index (χ0v) is 7.69. The van der Waals surface area contributed by atoms with Gasteiger partial charge in [0.15, 0.2) is 0 Å². The van der Waals surface area contributed by atoms with Crippen LogP contribution in [0.15, 0.2) is 10.6 Å². The van der Waals surface area contributed by atoms with Crippen LogP contribution in [0.25, 0.3) is 0 Å². The Morgan fingerprint density at radius 1 is 1.58 bits per heavy atom. The van der Waals surface area contributed by atoms with Crippen molar-refractivity contribution in [1.82, 2.24) is 5.16 Å².